The molecule has 1 aliphatic carbocycles. The topological polar surface area (TPSA) is 90.8 Å². The van der Waals surface area contributed by atoms with Gasteiger partial charge in [-0.3, -0.25) is 9.59 Å². The van der Waals surface area contributed by atoms with E-state index in [1.54, 1.807) is 48.5 Å². The van der Waals surface area contributed by atoms with Gasteiger partial charge in [-0.15, -0.1) is 0 Å². The molecule has 0 aliphatic heterocycles. The van der Waals surface area contributed by atoms with Crippen molar-refractivity contribution < 1.29 is 14.8 Å². The van der Waals surface area contributed by atoms with Crippen molar-refractivity contribution in [1.29, 1.82) is 0 Å². The highest BCUT2D eigenvalue weighted by Gasteiger charge is 2.28. The molecule has 0 fully saturated rings. The van der Waals surface area contributed by atoms with Gasteiger partial charge in [0, 0.05) is 28.3 Å². The highest BCUT2D eigenvalue weighted by molar-refractivity contribution is 6.30. The zero-order chi connectivity index (χ0) is 22.5. The van der Waals surface area contributed by atoms with E-state index in [1.807, 2.05) is 30.3 Å². The van der Waals surface area contributed by atoms with Crippen LogP contribution in [0, 0.1) is 0 Å². The van der Waals surface area contributed by atoms with Crippen LogP contribution in [0.3, 0.4) is 0 Å². The van der Waals surface area contributed by atoms with Gasteiger partial charge in [0.05, 0.1) is 5.70 Å². The van der Waals surface area contributed by atoms with Gasteiger partial charge in [0.2, 0.25) is 11.7 Å². The first-order chi connectivity index (χ1) is 15.5. The minimum Gasteiger partial charge on any atom is -0.410 e. The molecule has 6 nitrogen and oxygen atoms in total. The van der Waals surface area contributed by atoms with E-state index >= 15 is 0 Å². The zero-order valence-electron chi connectivity index (χ0n) is 17.0. The van der Waals surface area contributed by atoms with E-state index in [4.69, 9.17) is 11.6 Å². The molecule has 0 spiro atoms. The summed E-state index contributed by atoms with van der Waals surface area (Å²) in [7, 11) is 0. The lowest BCUT2D eigenvalue weighted by Crippen LogP contribution is -2.44. The van der Waals surface area contributed by atoms with Crippen LogP contribution in [0.2, 0.25) is 5.02 Å². The summed E-state index contributed by atoms with van der Waals surface area (Å²) >= 11 is 5.93. The molecule has 0 heterocycles. The van der Waals surface area contributed by atoms with Crippen molar-refractivity contribution >= 4 is 34.7 Å². The third-order valence-electron chi connectivity index (χ3n) is 5.12. The lowest BCUT2D eigenvalue weighted by molar-refractivity contribution is -0.117. The van der Waals surface area contributed by atoms with Crippen LogP contribution in [0.5, 0.6) is 0 Å². The summed E-state index contributed by atoms with van der Waals surface area (Å²) < 4.78 is 0. The summed E-state index contributed by atoms with van der Waals surface area (Å²) in [6.07, 6.45) is 1.80. The predicted molar refractivity (Wildman–Crippen MR) is 124 cm³/mol. The van der Waals surface area contributed by atoms with Gasteiger partial charge in [-0.2, -0.15) is 0 Å². The molecule has 0 radical (unpaired) electrons. The van der Waals surface area contributed by atoms with Crippen molar-refractivity contribution in [3.8, 4) is 0 Å². The second-order valence-electron chi connectivity index (χ2n) is 7.30. The van der Waals surface area contributed by atoms with Crippen LogP contribution in [0.15, 0.2) is 95.8 Å². The Balaban J connectivity index is 1.62. The lowest BCUT2D eigenvalue weighted by Gasteiger charge is -2.24. The average molecular weight is 446 g/mol. The second kappa shape index (κ2) is 9.49. The van der Waals surface area contributed by atoms with E-state index in [0.29, 0.717) is 28.3 Å². The van der Waals surface area contributed by atoms with Crippen molar-refractivity contribution in [3.05, 3.63) is 112 Å². The number of halogens is 1. The van der Waals surface area contributed by atoms with Gasteiger partial charge in [-0.05, 0) is 35.9 Å². The van der Waals surface area contributed by atoms with Gasteiger partial charge in [0.1, 0.15) is 11.8 Å². The second-order valence-corrected chi connectivity index (χ2v) is 7.74. The van der Waals surface area contributed by atoms with E-state index in [-0.39, 0.29) is 23.1 Å². The fourth-order valence-electron chi connectivity index (χ4n) is 3.53. The normalized spacial score (nSPS) is 15.0. The van der Waals surface area contributed by atoms with E-state index in [9.17, 15) is 14.8 Å². The standard InChI is InChI=1S/C25H20ClN3O3/c26-17-10-12-18(13-11-17)27-25(31)23(14-16-6-2-1-3-7-16)28-22-15-21(29-32)19-8-4-5-9-20(19)24(22)30/h1-13,15,23,28,32H,14H2,(H,27,31). The Labute approximate surface area is 190 Å². The van der Waals surface area contributed by atoms with Crippen LogP contribution in [0.1, 0.15) is 21.5 Å². The Kier molecular flexibility index (Phi) is 6.33. The van der Waals surface area contributed by atoms with Crippen LogP contribution < -0.4 is 10.6 Å². The Morgan fingerprint density at radius 1 is 0.938 bits per heavy atom. The number of hydrogen-bond acceptors (Lipinski definition) is 5. The quantitative estimate of drug-likeness (QED) is 0.386. The minimum absolute atomic E-state index is 0.184. The van der Waals surface area contributed by atoms with Crippen molar-refractivity contribution in [2.24, 2.45) is 5.16 Å². The molecule has 1 atom stereocenters. The number of hydrogen-bond donors (Lipinski definition) is 3. The summed E-state index contributed by atoms with van der Waals surface area (Å²) in [6.45, 7) is 0. The first-order valence-electron chi connectivity index (χ1n) is 10.00. The molecule has 0 saturated carbocycles. The molecule has 1 unspecified atom stereocenters. The number of rotatable bonds is 6. The molecule has 32 heavy (non-hydrogen) atoms. The van der Waals surface area contributed by atoms with Gasteiger partial charge < -0.3 is 15.8 Å². The molecule has 3 aromatic carbocycles. The number of amides is 1. The Morgan fingerprint density at radius 2 is 1.59 bits per heavy atom. The molecular weight excluding hydrogens is 426 g/mol. The molecule has 0 saturated heterocycles. The van der Waals surface area contributed by atoms with E-state index in [0.717, 1.165) is 5.56 Å². The number of carbonyl (C=O) groups excluding carboxylic acids is 2. The van der Waals surface area contributed by atoms with Gasteiger partial charge in [-0.25, -0.2) is 0 Å². The van der Waals surface area contributed by atoms with Gasteiger partial charge in [0.15, 0.2) is 0 Å². The monoisotopic (exact) mass is 445 g/mol. The third kappa shape index (κ3) is 4.71. The first kappa shape index (κ1) is 21.3. The highest BCUT2D eigenvalue weighted by atomic mass is 35.5. The number of oxime groups is 1. The fraction of sp³-hybridized carbons (Fsp3) is 0.0800. The summed E-state index contributed by atoms with van der Waals surface area (Å²) in [6, 6.07) is 22.4. The fourth-order valence-corrected chi connectivity index (χ4v) is 3.65. The number of allylic oxidation sites excluding steroid dienone is 2. The lowest BCUT2D eigenvalue weighted by atomic mass is 9.91. The van der Waals surface area contributed by atoms with Gasteiger partial charge in [-0.1, -0.05) is 71.4 Å². The molecule has 0 bridgehead atoms. The minimum atomic E-state index is -0.756. The molecule has 7 heteroatoms. The summed E-state index contributed by atoms with van der Waals surface area (Å²) in [5, 5.41) is 19.3. The highest BCUT2D eigenvalue weighted by Crippen LogP contribution is 2.22. The number of anilines is 1. The SMILES string of the molecule is O=C1C(NC(Cc2ccccc2)C(=O)Nc2ccc(Cl)cc2)=CC(=NO)c2ccccc21. The summed E-state index contributed by atoms with van der Waals surface area (Å²) in [5.41, 5.74) is 2.89. The Bertz CT molecular complexity index is 1200. The van der Waals surface area contributed by atoms with Crippen LogP contribution >= 0.6 is 11.6 Å². The van der Waals surface area contributed by atoms with Crippen LogP contribution in [0.4, 0.5) is 5.69 Å². The molecule has 1 amide bonds. The summed E-state index contributed by atoms with van der Waals surface area (Å²) in [4.78, 5) is 26.2. The summed E-state index contributed by atoms with van der Waals surface area (Å²) in [5.74, 6) is -0.587. The predicted octanol–water partition coefficient (Wildman–Crippen LogP) is 4.44. The zero-order valence-corrected chi connectivity index (χ0v) is 17.7. The molecule has 4 rings (SSSR count). The van der Waals surface area contributed by atoms with Crippen LogP contribution in [-0.2, 0) is 11.2 Å². The van der Waals surface area contributed by atoms with Crippen molar-refractivity contribution in [3.63, 3.8) is 0 Å². The molecule has 3 aromatic rings. The molecular formula is C25H20ClN3O3. The Morgan fingerprint density at radius 3 is 2.28 bits per heavy atom. The van der Waals surface area contributed by atoms with E-state index in [1.165, 1.54) is 6.08 Å². The van der Waals surface area contributed by atoms with Crippen molar-refractivity contribution in [1.82, 2.24) is 5.32 Å². The number of benzene rings is 3. The van der Waals surface area contributed by atoms with E-state index in [2.05, 4.69) is 15.8 Å². The molecule has 3 N–H and O–H groups in total. The maximum Gasteiger partial charge on any atom is 0.247 e. The number of nitrogens with one attached hydrogen (secondary N) is 2. The maximum absolute atomic E-state index is 13.2. The number of nitrogens with zero attached hydrogens (tertiary/aromatic N) is 1. The molecule has 160 valence electrons. The number of Topliss-reactive ketones (excluding diaryl/α,β-unsaturated/α-hetero) is 1. The molecule has 1 aliphatic rings. The third-order valence-corrected chi connectivity index (χ3v) is 5.37. The smallest absolute Gasteiger partial charge is 0.247 e. The number of ketones is 1. The molecule has 0 aromatic heterocycles. The van der Waals surface area contributed by atoms with Gasteiger partial charge in [0.25, 0.3) is 0 Å². The number of carbonyl (C=O) groups is 2. The van der Waals surface area contributed by atoms with Crippen LogP contribution in [0.25, 0.3) is 0 Å². The number of fused-ring (bicyclic) bond motifs is 1. The first-order valence-corrected chi connectivity index (χ1v) is 10.4. The van der Waals surface area contributed by atoms with Gasteiger partial charge >= 0.3 is 0 Å². The maximum atomic E-state index is 13.2. The Hall–Kier alpha value is -3.90. The average Bonchev–Trinajstić information content (AvgIpc) is 2.82. The van der Waals surface area contributed by atoms with Crippen LogP contribution in [-0.4, -0.2) is 28.7 Å². The van der Waals surface area contributed by atoms with E-state index < -0.39 is 6.04 Å². The van der Waals surface area contributed by atoms with Crippen molar-refractivity contribution in [2.75, 3.05) is 5.32 Å². The largest absolute Gasteiger partial charge is 0.410 e. The van der Waals surface area contributed by atoms with Crippen molar-refractivity contribution in [2.45, 2.75) is 12.5 Å².